The summed E-state index contributed by atoms with van der Waals surface area (Å²) in [5.41, 5.74) is -0.587. The van der Waals surface area contributed by atoms with Crippen molar-refractivity contribution in [3.63, 3.8) is 0 Å². The molecule has 2 heterocycles. The van der Waals surface area contributed by atoms with E-state index in [4.69, 9.17) is 18.9 Å². The van der Waals surface area contributed by atoms with E-state index in [9.17, 15) is 4.79 Å². The molecule has 2 saturated heterocycles. The van der Waals surface area contributed by atoms with E-state index in [0.717, 1.165) is 0 Å². The molecule has 3 aliphatic rings. The molecule has 1 spiro atoms. The van der Waals surface area contributed by atoms with E-state index in [1.807, 2.05) is 13.8 Å². The molecule has 20 heavy (non-hydrogen) atoms. The Morgan fingerprint density at radius 2 is 1.85 bits per heavy atom. The highest BCUT2D eigenvalue weighted by Gasteiger charge is 2.74. The second kappa shape index (κ2) is 4.13. The molecular formula is C14H24O5Si. The first-order valence-electron chi connectivity index (χ1n) is 7.21. The fourth-order valence-corrected chi connectivity index (χ4v) is 6.32. The Morgan fingerprint density at radius 3 is 2.35 bits per heavy atom. The number of carbonyl (C=O) groups excluding carboxylic acids is 1. The monoisotopic (exact) mass is 300 g/mol. The predicted molar refractivity (Wildman–Crippen MR) is 75.2 cm³/mol. The summed E-state index contributed by atoms with van der Waals surface area (Å²) in [5.74, 6) is -0.552. The van der Waals surface area contributed by atoms with Crippen molar-refractivity contribution < 1.29 is 23.7 Å². The average molecular weight is 300 g/mol. The zero-order chi connectivity index (χ0) is 14.9. The number of carbonyl (C=O) groups is 1. The molecular weight excluding hydrogens is 276 g/mol. The second-order valence-electron chi connectivity index (χ2n) is 7.58. The van der Waals surface area contributed by atoms with Crippen LogP contribution in [0, 0.1) is 0 Å². The minimum Gasteiger partial charge on any atom is -0.353 e. The highest BCUT2D eigenvalue weighted by Crippen LogP contribution is 2.59. The van der Waals surface area contributed by atoms with Gasteiger partial charge in [0.1, 0.15) is 12.2 Å². The van der Waals surface area contributed by atoms with Crippen LogP contribution in [-0.2, 0) is 23.7 Å². The van der Waals surface area contributed by atoms with Crippen LogP contribution in [0.15, 0.2) is 0 Å². The first-order chi connectivity index (χ1) is 9.12. The van der Waals surface area contributed by atoms with Crippen molar-refractivity contribution in [3.05, 3.63) is 0 Å². The van der Waals surface area contributed by atoms with E-state index < -0.39 is 25.8 Å². The summed E-state index contributed by atoms with van der Waals surface area (Å²) < 4.78 is 23.4. The van der Waals surface area contributed by atoms with Crippen LogP contribution in [-0.4, -0.2) is 50.9 Å². The number of hydrogen-bond donors (Lipinski definition) is 0. The maximum atomic E-state index is 12.4. The molecule has 1 saturated carbocycles. The molecule has 0 aromatic rings. The lowest BCUT2D eigenvalue weighted by molar-refractivity contribution is -0.255. The topological polar surface area (TPSA) is 54.0 Å². The van der Waals surface area contributed by atoms with Crippen molar-refractivity contribution in [1.82, 2.24) is 0 Å². The molecule has 0 bridgehead atoms. The molecule has 2 aliphatic heterocycles. The minimum absolute atomic E-state index is 0.140. The third-order valence-electron chi connectivity index (χ3n) is 4.75. The molecule has 5 nitrogen and oxygen atoms in total. The Bertz CT molecular complexity index is 443. The van der Waals surface area contributed by atoms with E-state index in [1.165, 1.54) is 0 Å². The summed E-state index contributed by atoms with van der Waals surface area (Å²) in [6, 6.07) is 0. The lowest BCUT2D eigenvalue weighted by Crippen LogP contribution is -2.66. The van der Waals surface area contributed by atoms with E-state index >= 15 is 0 Å². The van der Waals surface area contributed by atoms with Gasteiger partial charge in [-0.2, -0.15) is 0 Å². The molecule has 0 amide bonds. The Hall–Kier alpha value is -0.273. The summed E-state index contributed by atoms with van der Waals surface area (Å²) in [5, 5.41) is 0. The van der Waals surface area contributed by atoms with Crippen LogP contribution in [0.1, 0.15) is 20.3 Å². The summed E-state index contributed by atoms with van der Waals surface area (Å²) in [6.07, 6.45) is -0.595. The SMILES string of the molecule is CO[C@@H]1O[C@]2(C(=O)CC2[Si](C)(C)C)[C@@H]2OC(C)(C)OC12. The number of methoxy groups -OCH3 is 1. The Morgan fingerprint density at radius 1 is 1.20 bits per heavy atom. The van der Waals surface area contributed by atoms with Gasteiger partial charge in [-0.3, -0.25) is 4.79 Å². The van der Waals surface area contributed by atoms with Crippen molar-refractivity contribution in [1.29, 1.82) is 0 Å². The second-order valence-corrected chi connectivity index (χ2v) is 13.0. The maximum Gasteiger partial charge on any atom is 0.187 e. The van der Waals surface area contributed by atoms with Gasteiger partial charge in [0.05, 0.1) is 8.07 Å². The van der Waals surface area contributed by atoms with Crippen molar-refractivity contribution >= 4 is 13.9 Å². The number of ketones is 1. The van der Waals surface area contributed by atoms with Crippen LogP contribution in [0.25, 0.3) is 0 Å². The molecule has 2 unspecified atom stereocenters. The largest absolute Gasteiger partial charge is 0.353 e. The molecule has 3 fully saturated rings. The van der Waals surface area contributed by atoms with Gasteiger partial charge in [-0.25, -0.2) is 0 Å². The summed E-state index contributed by atoms with van der Waals surface area (Å²) in [4.78, 5) is 12.4. The smallest absolute Gasteiger partial charge is 0.187 e. The van der Waals surface area contributed by atoms with E-state index in [1.54, 1.807) is 7.11 Å². The number of fused-ring (bicyclic) bond motifs is 2. The number of ether oxygens (including phenoxy) is 4. The first kappa shape index (κ1) is 14.7. The fraction of sp³-hybridized carbons (Fsp3) is 0.929. The van der Waals surface area contributed by atoms with Crippen molar-refractivity contribution in [2.24, 2.45) is 0 Å². The van der Waals surface area contributed by atoms with Gasteiger partial charge in [-0.15, -0.1) is 0 Å². The lowest BCUT2D eigenvalue weighted by Gasteiger charge is -2.52. The van der Waals surface area contributed by atoms with Gasteiger partial charge < -0.3 is 18.9 Å². The van der Waals surface area contributed by atoms with Crippen molar-refractivity contribution in [2.75, 3.05) is 7.11 Å². The Kier molecular flexibility index (Phi) is 3.03. The van der Waals surface area contributed by atoms with Crippen molar-refractivity contribution in [3.8, 4) is 0 Å². The van der Waals surface area contributed by atoms with E-state index in [0.29, 0.717) is 6.42 Å². The predicted octanol–water partition coefficient (Wildman–Crippen LogP) is 1.93. The van der Waals surface area contributed by atoms with Crippen LogP contribution in [0.5, 0.6) is 0 Å². The zero-order valence-corrected chi connectivity index (χ0v) is 14.1. The lowest BCUT2D eigenvalue weighted by atomic mass is 9.73. The third-order valence-corrected chi connectivity index (χ3v) is 7.48. The highest BCUT2D eigenvalue weighted by molar-refractivity contribution is 6.79. The van der Waals surface area contributed by atoms with E-state index in [-0.39, 0.29) is 23.5 Å². The average Bonchev–Trinajstić information content (AvgIpc) is 2.76. The summed E-state index contributed by atoms with van der Waals surface area (Å²) in [6.45, 7) is 10.6. The number of hydrogen-bond acceptors (Lipinski definition) is 5. The quantitative estimate of drug-likeness (QED) is 0.729. The fourth-order valence-electron chi connectivity index (χ4n) is 3.84. The van der Waals surface area contributed by atoms with Crippen LogP contribution < -0.4 is 0 Å². The molecule has 0 radical (unpaired) electrons. The molecule has 3 rings (SSSR count). The van der Waals surface area contributed by atoms with E-state index in [2.05, 4.69) is 19.6 Å². The van der Waals surface area contributed by atoms with Gasteiger partial charge in [0.2, 0.25) is 0 Å². The molecule has 6 heteroatoms. The minimum atomic E-state index is -1.54. The molecule has 114 valence electrons. The Balaban J connectivity index is 1.99. The molecule has 0 aromatic heterocycles. The van der Waals surface area contributed by atoms with Gasteiger partial charge in [0, 0.05) is 13.5 Å². The first-order valence-corrected chi connectivity index (χ1v) is 10.8. The third kappa shape index (κ3) is 1.78. The van der Waals surface area contributed by atoms with Gasteiger partial charge >= 0.3 is 0 Å². The summed E-state index contributed by atoms with van der Waals surface area (Å²) >= 11 is 0. The van der Waals surface area contributed by atoms with Crippen LogP contribution in [0.3, 0.4) is 0 Å². The zero-order valence-electron chi connectivity index (χ0n) is 13.1. The van der Waals surface area contributed by atoms with Gasteiger partial charge in [0.25, 0.3) is 0 Å². The Labute approximate surface area is 120 Å². The van der Waals surface area contributed by atoms with Crippen LogP contribution in [0.4, 0.5) is 0 Å². The summed E-state index contributed by atoms with van der Waals surface area (Å²) in [7, 11) is 0.0469. The standard InChI is InChI=1S/C14H24O5Si/c1-13(2)17-10-11(18-13)14(19-12(10)16-3)8(15)7-9(14)20(4,5)6/h9-12H,7H2,1-6H3/t9?,10?,11-,12-,14+/m1/s1. The maximum absolute atomic E-state index is 12.4. The van der Waals surface area contributed by atoms with Crippen molar-refractivity contribution in [2.45, 2.75) is 75.3 Å². The van der Waals surface area contributed by atoms with Gasteiger partial charge in [0.15, 0.2) is 23.5 Å². The number of Topliss-reactive ketones (excluding diaryl/α,β-unsaturated/α-hetero) is 1. The number of rotatable bonds is 2. The molecule has 5 atom stereocenters. The van der Waals surface area contributed by atoms with Crippen LogP contribution >= 0.6 is 0 Å². The molecule has 0 aromatic carbocycles. The normalized spacial score (nSPS) is 46.6. The van der Waals surface area contributed by atoms with Crippen LogP contribution in [0.2, 0.25) is 25.2 Å². The van der Waals surface area contributed by atoms with Gasteiger partial charge in [-0.05, 0) is 19.4 Å². The van der Waals surface area contributed by atoms with Gasteiger partial charge in [-0.1, -0.05) is 19.6 Å². The molecule has 0 N–H and O–H groups in total. The molecule has 1 aliphatic carbocycles. The highest BCUT2D eigenvalue weighted by atomic mass is 28.3.